The minimum Gasteiger partial charge on any atom is -0.463 e. The van der Waals surface area contributed by atoms with Gasteiger partial charge in [-0.25, -0.2) is 4.79 Å². The van der Waals surface area contributed by atoms with Gasteiger partial charge in [0.05, 0.1) is 6.61 Å². The Morgan fingerprint density at radius 1 is 0.439 bits per heavy atom. The second kappa shape index (κ2) is 35.4. The van der Waals surface area contributed by atoms with Gasteiger partial charge in [-0.15, -0.1) is 0 Å². The minimum absolute atomic E-state index is 0.296. The molecule has 0 aliphatic carbocycles. The topological polar surface area (TPSA) is 26.3 Å². The predicted octanol–water partition coefficient (Wildman–Crippen LogP) is 13.9. The lowest BCUT2D eigenvalue weighted by molar-refractivity contribution is -0.137. The Bertz CT molecular complexity index is 512. The third kappa shape index (κ3) is 37.2. The van der Waals surface area contributed by atoms with Gasteiger partial charge in [-0.3, -0.25) is 0 Å². The first-order chi connectivity index (χ1) is 20.2. The predicted molar refractivity (Wildman–Crippen MR) is 184 cm³/mol. The van der Waals surface area contributed by atoms with Crippen LogP contribution in [0, 0.1) is 5.92 Å². The molecule has 0 amide bonds. The molecule has 41 heavy (non-hydrogen) atoms. The van der Waals surface area contributed by atoms with Crippen LogP contribution < -0.4 is 0 Å². The second-order valence-corrected chi connectivity index (χ2v) is 13.5. The molecule has 0 aromatic rings. The summed E-state index contributed by atoms with van der Waals surface area (Å²) in [7, 11) is 0. The number of esters is 1. The van der Waals surface area contributed by atoms with Crippen LogP contribution in [0.5, 0.6) is 0 Å². The maximum absolute atomic E-state index is 10.9. The van der Waals surface area contributed by atoms with Crippen molar-refractivity contribution in [3.05, 3.63) is 12.7 Å². The molecule has 0 atom stereocenters. The van der Waals surface area contributed by atoms with Crippen LogP contribution >= 0.6 is 0 Å². The number of hydrogen-bond donors (Lipinski definition) is 0. The van der Waals surface area contributed by atoms with E-state index in [9.17, 15) is 4.79 Å². The first-order valence-corrected chi connectivity index (χ1v) is 19.0. The van der Waals surface area contributed by atoms with Gasteiger partial charge in [-0.05, 0) is 12.3 Å². The van der Waals surface area contributed by atoms with Crippen LogP contribution in [0.25, 0.3) is 0 Å². The smallest absolute Gasteiger partial charge is 0.330 e. The van der Waals surface area contributed by atoms with E-state index in [1.54, 1.807) is 0 Å². The van der Waals surface area contributed by atoms with Crippen molar-refractivity contribution in [2.45, 2.75) is 219 Å². The Hall–Kier alpha value is -0.790. The Balaban J connectivity index is 3.05. The van der Waals surface area contributed by atoms with Crippen LogP contribution in [0.15, 0.2) is 12.7 Å². The van der Waals surface area contributed by atoms with Gasteiger partial charge >= 0.3 is 5.97 Å². The average molecular weight is 577 g/mol. The molecule has 0 heterocycles. The molecule has 0 aliphatic heterocycles. The van der Waals surface area contributed by atoms with E-state index >= 15 is 0 Å². The van der Waals surface area contributed by atoms with Gasteiger partial charge in [0.1, 0.15) is 0 Å². The van der Waals surface area contributed by atoms with Crippen LogP contribution in [-0.4, -0.2) is 12.6 Å². The van der Waals surface area contributed by atoms with Crippen molar-refractivity contribution in [2.24, 2.45) is 5.92 Å². The number of rotatable bonds is 35. The molecule has 0 N–H and O–H groups in total. The monoisotopic (exact) mass is 577 g/mol. The summed E-state index contributed by atoms with van der Waals surface area (Å²) in [6.07, 6.45) is 46.8. The van der Waals surface area contributed by atoms with E-state index in [1.165, 1.54) is 205 Å². The van der Waals surface area contributed by atoms with E-state index < -0.39 is 0 Å². The van der Waals surface area contributed by atoms with Crippen molar-refractivity contribution in [1.82, 2.24) is 0 Å². The minimum atomic E-state index is -0.296. The molecular weight excluding hydrogens is 500 g/mol. The largest absolute Gasteiger partial charge is 0.463 e. The molecule has 0 aromatic heterocycles. The molecule has 0 radical (unpaired) electrons. The zero-order valence-corrected chi connectivity index (χ0v) is 28.5. The van der Waals surface area contributed by atoms with Gasteiger partial charge in [-0.1, -0.05) is 219 Å². The zero-order chi connectivity index (χ0) is 29.9. The first-order valence-electron chi connectivity index (χ1n) is 19.0. The van der Waals surface area contributed by atoms with E-state index in [-0.39, 0.29) is 5.97 Å². The molecular formula is C39H76O2. The van der Waals surface area contributed by atoms with Gasteiger partial charge in [0.15, 0.2) is 0 Å². The number of carbonyl (C=O) groups excluding carboxylic acids is 1. The van der Waals surface area contributed by atoms with Crippen molar-refractivity contribution >= 4 is 5.97 Å². The number of unbranched alkanes of at least 4 members (excludes halogenated alkanes) is 30. The molecule has 0 spiro atoms. The highest BCUT2D eigenvalue weighted by Gasteiger charge is 1.98. The number of hydrogen-bond acceptors (Lipinski definition) is 2. The van der Waals surface area contributed by atoms with E-state index in [1.807, 2.05) is 0 Å². The van der Waals surface area contributed by atoms with Crippen LogP contribution in [-0.2, 0) is 9.53 Å². The highest BCUT2D eigenvalue weighted by atomic mass is 16.5. The lowest BCUT2D eigenvalue weighted by Gasteiger charge is -2.05. The summed E-state index contributed by atoms with van der Waals surface area (Å²) >= 11 is 0. The zero-order valence-electron chi connectivity index (χ0n) is 28.5. The molecule has 0 saturated carbocycles. The lowest BCUT2D eigenvalue weighted by Crippen LogP contribution is -2.01. The highest BCUT2D eigenvalue weighted by Crippen LogP contribution is 2.17. The summed E-state index contributed by atoms with van der Waals surface area (Å²) in [5.41, 5.74) is 0. The molecule has 2 nitrogen and oxygen atoms in total. The van der Waals surface area contributed by atoms with Crippen LogP contribution in [0.4, 0.5) is 0 Å². The summed E-state index contributed by atoms with van der Waals surface area (Å²) in [5.74, 6) is 0.594. The fourth-order valence-electron chi connectivity index (χ4n) is 6.01. The standard InChI is InChI=1S/C39H76O2/c1-4-39(40)41-37-35-33-31-29-27-25-23-21-19-17-15-13-11-9-7-5-6-8-10-12-14-16-18-20-22-24-26-28-30-32-34-36-38(2)3/h4,38H,1,5-37H2,2-3H3. The van der Waals surface area contributed by atoms with Crippen molar-refractivity contribution < 1.29 is 9.53 Å². The third-order valence-electron chi connectivity index (χ3n) is 8.84. The van der Waals surface area contributed by atoms with Crippen LogP contribution in [0.3, 0.4) is 0 Å². The number of carbonyl (C=O) groups is 1. The van der Waals surface area contributed by atoms with Crippen molar-refractivity contribution in [3.8, 4) is 0 Å². The molecule has 0 unspecified atom stereocenters. The molecule has 0 rings (SSSR count). The average Bonchev–Trinajstić information content (AvgIpc) is 2.97. The van der Waals surface area contributed by atoms with E-state index in [4.69, 9.17) is 4.74 Å². The lowest BCUT2D eigenvalue weighted by atomic mass is 10.0. The van der Waals surface area contributed by atoms with E-state index in [0.717, 1.165) is 12.3 Å². The van der Waals surface area contributed by atoms with Crippen molar-refractivity contribution in [1.29, 1.82) is 0 Å². The summed E-state index contributed by atoms with van der Waals surface area (Å²) in [6, 6.07) is 0. The third-order valence-corrected chi connectivity index (χ3v) is 8.84. The molecule has 244 valence electrons. The molecule has 0 aliphatic rings. The van der Waals surface area contributed by atoms with Crippen molar-refractivity contribution in [3.63, 3.8) is 0 Å². The van der Waals surface area contributed by atoms with Gasteiger partial charge < -0.3 is 4.74 Å². The summed E-state index contributed by atoms with van der Waals surface area (Å²) < 4.78 is 5.00. The van der Waals surface area contributed by atoms with E-state index in [2.05, 4.69) is 20.4 Å². The van der Waals surface area contributed by atoms with Gasteiger partial charge in [0, 0.05) is 6.08 Å². The van der Waals surface area contributed by atoms with E-state index in [0.29, 0.717) is 6.61 Å². The van der Waals surface area contributed by atoms with Gasteiger partial charge in [-0.2, -0.15) is 0 Å². The fourth-order valence-corrected chi connectivity index (χ4v) is 6.01. The Kier molecular flexibility index (Phi) is 34.7. The molecule has 0 fully saturated rings. The normalized spacial score (nSPS) is 11.4. The Morgan fingerprint density at radius 3 is 0.878 bits per heavy atom. The summed E-state index contributed by atoms with van der Waals surface area (Å²) in [4.78, 5) is 10.9. The maximum atomic E-state index is 10.9. The Morgan fingerprint density at radius 2 is 0.659 bits per heavy atom. The molecule has 0 saturated heterocycles. The molecule has 0 bridgehead atoms. The molecule has 2 heteroatoms. The molecule has 0 aromatic carbocycles. The Labute approximate surface area is 259 Å². The first kappa shape index (κ1) is 40.2. The van der Waals surface area contributed by atoms with Crippen LogP contribution in [0.1, 0.15) is 219 Å². The van der Waals surface area contributed by atoms with Crippen molar-refractivity contribution in [2.75, 3.05) is 6.61 Å². The van der Waals surface area contributed by atoms with Gasteiger partial charge in [0.2, 0.25) is 0 Å². The number of ether oxygens (including phenoxy) is 1. The maximum Gasteiger partial charge on any atom is 0.330 e. The summed E-state index contributed by atoms with van der Waals surface area (Å²) in [5, 5.41) is 0. The second-order valence-electron chi connectivity index (χ2n) is 13.5. The summed E-state index contributed by atoms with van der Waals surface area (Å²) in [6.45, 7) is 8.65. The van der Waals surface area contributed by atoms with Gasteiger partial charge in [0.25, 0.3) is 0 Å². The highest BCUT2D eigenvalue weighted by molar-refractivity contribution is 5.81. The van der Waals surface area contributed by atoms with Crippen LogP contribution in [0.2, 0.25) is 0 Å². The SMILES string of the molecule is C=CC(=O)OCCCCCCCCCCCCCCCCCCCCCCCCCCCCCCCCCC(C)C. The fraction of sp³-hybridized carbons (Fsp3) is 0.923. The quantitative estimate of drug-likeness (QED) is 0.0426.